The van der Waals surface area contributed by atoms with E-state index in [9.17, 15) is 0 Å². The first-order valence-electron chi connectivity index (χ1n) is 6.88. The van der Waals surface area contributed by atoms with Gasteiger partial charge in [-0.2, -0.15) is 11.8 Å². The minimum Gasteiger partial charge on any atom is -0.377 e. The third kappa shape index (κ3) is 4.64. The summed E-state index contributed by atoms with van der Waals surface area (Å²) in [5, 5.41) is 3.67. The van der Waals surface area contributed by atoms with Crippen molar-refractivity contribution in [1.82, 2.24) is 5.32 Å². The van der Waals surface area contributed by atoms with Crippen LogP contribution in [0.3, 0.4) is 0 Å². The quantitative estimate of drug-likeness (QED) is 0.695. The van der Waals surface area contributed by atoms with Crippen LogP contribution >= 0.6 is 11.8 Å². The van der Waals surface area contributed by atoms with Gasteiger partial charge in [-0.05, 0) is 44.4 Å². The van der Waals surface area contributed by atoms with Crippen LogP contribution in [0.4, 0.5) is 0 Å². The van der Waals surface area contributed by atoms with Crippen LogP contribution in [0.25, 0.3) is 0 Å². The molecule has 1 unspecified atom stereocenters. The highest BCUT2D eigenvalue weighted by Gasteiger charge is 2.15. The lowest BCUT2D eigenvalue weighted by Crippen LogP contribution is -2.27. The van der Waals surface area contributed by atoms with Crippen molar-refractivity contribution < 1.29 is 4.74 Å². The number of hydrogen-bond acceptors (Lipinski definition) is 3. The fourth-order valence-electron chi connectivity index (χ4n) is 2.60. The second-order valence-corrected chi connectivity index (χ2v) is 6.15. The van der Waals surface area contributed by atoms with Crippen molar-refractivity contribution in [3.63, 3.8) is 0 Å². The molecule has 1 saturated heterocycles. The molecule has 3 heteroatoms. The Balaban J connectivity index is 1.37. The first-order chi connectivity index (χ1) is 7.95. The molecule has 1 saturated carbocycles. The molecule has 0 aromatic carbocycles. The zero-order valence-corrected chi connectivity index (χ0v) is 11.1. The molecule has 1 aliphatic heterocycles. The summed E-state index contributed by atoms with van der Waals surface area (Å²) in [6.07, 6.45) is 10.1. The largest absolute Gasteiger partial charge is 0.377 e. The van der Waals surface area contributed by atoms with Gasteiger partial charge in [0.25, 0.3) is 0 Å². The highest BCUT2D eigenvalue weighted by Crippen LogP contribution is 2.18. The molecule has 1 atom stereocenters. The Morgan fingerprint density at radius 2 is 2.00 bits per heavy atom. The van der Waals surface area contributed by atoms with Crippen LogP contribution in [-0.2, 0) is 4.74 Å². The molecule has 2 aliphatic rings. The average molecular weight is 243 g/mol. The van der Waals surface area contributed by atoms with Gasteiger partial charge < -0.3 is 10.1 Å². The van der Waals surface area contributed by atoms with E-state index in [4.69, 9.17) is 4.74 Å². The molecular formula is C13H25NOS. The molecule has 1 N–H and O–H groups in total. The standard InChI is InChI=1S/C13H25NOS/c1-2-6-12(5-1)14-8-4-10-16-11-13-7-3-9-15-13/h12-14H,1-11H2. The molecule has 94 valence electrons. The van der Waals surface area contributed by atoms with Crippen LogP contribution in [-0.4, -0.2) is 36.8 Å². The van der Waals surface area contributed by atoms with Crippen LogP contribution in [0, 0.1) is 0 Å². The van der Waals surface area contributed by atoms with E-state index in [-0.39, 0.29) is 0 Å². The Morgan fingerprint density at radius 1 is 1.12 bits per heavy atom. The topological polar surface area (TPSA) is 21.3 Å². The number of thioether (sulfide) groups is 1. The number of ether oxygens (including phenoxy) is 1. The van der Waals surface area contributed by atoms with Gasteiger partial charge in [-0.15, -0.1) is 0 Å². The fraction of sp³-hybridized carbons (Fsp3) is 1.00. The smallest absolute Gasteiger partial charge is 0.0666 e. The molecule has 0 radical (unpaired) electrons. The molecule has 2 rings (SSSR count). The lowest BCUT2D eigenvalue weighted by atomic mass is 10.2. The van der Waals surface area contributed by atoms with E-state index >= 15 is 0 Å². The van der Waals surface area contributed by atoms with Gasteiger partial charge in [0.15, 0.2) is 0 Å². The van der Waals surface area contributed by atoms with Gasteiger partial charge in [0, 0.05) is 18.4 Å². The Hall–Kier alpha value is 0.270. The van der Waals surface area contributed by atoms with Crippen LogP contribution in [0.15, 0.2) is 0 Å². The lowest BCUT2D eigenvalue weighted by Gasteiger charge is -2.12. The van der Waals surface area contributed by atoms with Crippen LogP contribution in [0.5, 0.6) is 0 Å². The predicted octanol–water partition coefficient (Wildman–Crippen LogP) is 2.82. The molecule has 2 nitrogen and oxygen atoms in total. The van der Waals surface area contributed by atoms with Crippen molar-refractivity contribution in [3.05, 3.63) is 0 Å². The van der Waals surface area contributed by atoms with Gasteiger partial charge in [-0.25, -0.2) is 0 Å². The zero-order valence-electron chi connectivity index (χ0n) is 10.2. The second-order valence-electron chi connectivity index (χ2n) is 5.00. The molecule has 0 spiro atoms. The molecule has 0 aromatic rings. The van der Waals surface area contributed by atoms with E-state index in [1.54, 1.807) is 0 Å². The van der Waals surface area contributed by atoms with E-state index in [0.29, 0.717) is 6.10 Å². The summed E-state index contributed by atoms with van der Waals surface area (Å²) in [5.74, 6) is 2.50. The third-order valence-electron chi connectivity index (χ3n) is 3.58. The number of nitrogens with one attached hydrogen (secondary N) is 1. The second kappa shape index (κ2) is 7.57. The molecule has 0 amide bonds. The Bertz CT molecular complexity index is 157. The maximum absolute atomic E-state index is 5.60. The Morgan fingerprint density at radius 3 is 2.75 bits per heavy atom. The van der Waals surface area contributed by atoms with Gasteiger partial charge in [-0.3, -0.25) is 0 Å². The lowest BCUT2D eigenvalue weighted by molar-refractivity contribution is 0.129. The third-order valence-corrected chi connectivity index (χ3v) is 4.77. The summed E-state index contributed by atoms with van der Waals surface area (Å²) in [6, 6.07) is 0.836. The molecule has 1 heterocycles. The van der Waals surface area contributed by atoms with Crippen molar-refractivity contribution >= 4 is 11.8 Å². The maximum atomic E-state index is 5.60. The first-order valence-corrected chi connectivity index (χ1v) is 8.03. The van der Waals surface area contributed by atoms with Crippen molar-refractivity contribution in [2.75, 3.05) is 24.7 Å². The van der Waals surface area contributed by atoms with Gasteiger partial charge in [0.05, 0.1) is 6.10 Å². The number of rotatable bonds is 7. The summed E-state index contributed by atoms with van der Waals surface area (Å²) in [7, 11) is 0. The van der Waals surface area contributed by atoms with Gasteiger partial charge in [-0.1, -0.05) is 12.8 Å². The predicted molar refractivity (Wildman–Crippen MR) is 71.2 cm³/mol. The highest BCUT2D eigenvalue weighted by atomic mass is 32.2. The van der Waals surface area contributed by atoms with Crippen molar-refractivity contribution in [3.8, 4) is 0 Å². The molecule has 2 fully saturated rings. The maximum Gasteiger partial charge on any atom is 0.0666 e. The summed E-state index contributed by atoms with van der Waals surface area (Å²) >= 11 is 2.07. The van der Waals surface area contributed by atoms with Crippen LogP contribution in [0.2, 0.25) is 0 Å². The van der Waals surface area contributed by atoms with E-state index in [2.05, 4.69) is 17.1 Å². The summed E-state index contributed by atoms with van der Waals surface area (Å²) in [6.45, 7) is 2.21. The molecule has 16 heavy (non-hydrogen) atoms. The van der Waals surface area contributed by atoms with Gasteiger partial charge >= 0.3 is 0 Å². The summed E-state index contributed by atoms with van der Waals surface area (Å²) in [5.41, 5.74) is 0. The van der Waals surface area contributed by atoms with Crippen molar-refractivity contribution in [2.45, 2.75) is 57.1 Å². The fourth-order valence-corrected chi connectivity index (χ4v) is 3.64. The van der Waals surface area contributed by atoms with Gasteiger partial charge in [0.2, 0.25) is 0 Å². The van der Waals surface area contributed by atoms with Gasteiger partial charge in [0.1, 0.15) is 0 Å². The highest BCUT2D eigenvalue weighted by molar-refractivity contribution is 7.99. The van der Waals surface area contributed by atoms with Crippen molar-refractivity contribution in [2.24, 2.45) is 0 Å². The molecular weight excluding hydrogens is 218 g/mol. The van der Waals surface area contributed by atoms with Crippen molar-refractivity contribution in [1.29, 1.82) is 0 Å². The minimum atomic E-state index is 0.563. The monoisotopic (exact) mass is 243 g/mol. The summed E-state index contributed by atoms with van der Waals surface area (Å²) in [4.78, 5) is 0. The SMILES string of the molecule is C(CNC1CCCC1)CSCC1CCCO1. The average Bonchev–Trinajstić information content (AvgIpc) is 2.96. The Kier molecular flexibility index (Phi) is 6.02. The zero-order chi connectivity index (χ0) is 11.1. The molecule has 0 aromatic heterocycles. The van der Waals surface area contributed by atoms with E-state index in [1.807, 2.05) is 0 Å². The normalized spacial score (nSPS) is 26.6. The minimum absolute atomic E-state index is 0.563. The molecule has 0 bridgehead atoms. The number of hydrogen-bond donors (Lipinski definition) is 1. The summed E-state index contributed by atoms with van der Waals surface area (Å²) < 4.78 is 5.60. The van der Waals surface area contributed by atoms with E-state index in [1.165, 1.54) is 63.0 Å². The Labute approximate surface area is 104 Å². The van der Waals surface area contributed by atoms with E-state index < -0.39 is 0 Å². The van der Waals surface area contributed by atoms with Crippen LogP contribution in [0.1, 0.15) is 44.9 Å². The van der Waals surface area contributed by atoms with Crippen LogP contribution < -0.4 is 5.32 Å². The van der Waals surface area contributed by atoms with E-state index in [0.717, 1.165) is 12.6 Å². The first kappa shape index (κ1) is 12.7. The molecule has 1 aliphatic carbocycles.